The highest BCUT2D eigenvalue weighted by atomic mass is 16.2. The third kappa shape index (κ3) is 4.57. The molecule has 1 atom stereocenters. The van der Waals surface area contributed by atoms with Crippen LogP contribution in [-0.2, 0) is 4.79 Å². The van der Waals surface area contributed by atoms with E-state index in [4.69, 9.17) is 0 Å². The van der Waals surface area contributed by atoms with Gasteiger partial charge in [-0.3, -0.25) is 4.79 Å². The molecule has 148 valence electrons. The summed E-state index contributed by atoms with van der Waals surface area (Å²) in [4.78, 5) is 18.0. The summed E-state index contributed by atoms with van der Waals surface area (Å²) in [6.07, 6.45) is 0.487. The predicted molar refractivity (Wildman–Crippen MR) is 118 cm³/mol. The zero-order chi connectivity index (χ0) is 20.1. The molecule has 0 aliphatic carbocycles. The van der Waals surface area contributed by atoms with Crippen molar-refractivity contribution in [1.29, 1.82) is 0 Å². The number of piperazine rings is 1. The Morgan fingerprint density at radius 1 is 0.828 bits per heavy atom. The number of rotatable bonds is 5. The Kier molecular flexibility index (Phi) is 6.06. The van der Waals surface area contributed by atoms with Gasteiger partial charge in [-0.25, -0.2) is 0 Å². The summed E-state index contributed by atoms with van der Waals surface area (Å²) < 4.78 is 0. The summed E-state index contributed by atoms with van der Waals surface area (Å²) >= 11 is 0. The first-order chi connectivity index (χ1) is 14.2. The van der Waals surface area contributed by atoms with E-state index in [1.165, 1.54) is 16.7 Å². The maximum absolute atomic E-state index is 13.6. The highest BCUT2D eigenvalue weighted by Crippen LogP contribution is 2.32. The standard InChI is InChI=1S/C26H28N2O/c1-27-17-18-28(25(20-27)23-15-9-4-10-16-23)26(29)19-24(21-11-5-2-6-12-21)22-13-7-3-8-14-22/h2-16,24-25H,17-20H2,1H3. The number of carbonyl (C=O) groups excluding carboxylic acids is 1. The molecular formula is C26H28N2O. The Labute approximate surface area is 173 Å². The molecule has 1 saturated heterocycles. The van der Waals surface area contributed by atoms with Gasteiger partial charge in [-0.1, -0.05) is 91.0 Å². The molecule has 3 aromatic carbocycles. The largest absolute Gasteiger partial charge is 0.333 e. The fourth-order valence-electron chi connectivity index (χ4n) is 4.27. The SMILES string of the molecule is CN1CCN(C(=O)CC(c2ccccc2)c2ccccc2)C(c2ccccc2)C1. The van der Waals surface area contributed by atoms with Gasteiger partial charge in [0.05, 0.1) is 6.04 Å². The van der Waals surface area contributed by atoms with Gasteiger partial charge in [-0.2, -0.15) is 0 Å². The van der Waals surface area contributed by atoms with Crippen molar-refractivity contribution < 1.29 is 4.79 Å². The van der Waals surface area contributed by atoms with Crippen molar-refractivity contribution in [1.82, 2.24) is 9.80 Å². The predicted octanol–water partition coefficient (Wildman–Crippen LogP) is 4.72. The van der Waals surface area contributed by atoms with Gasteiger partial charge in [-0.15, -0.1) is 0 Å². The molecule has 0 N–H and O–H groups in total. The van der Waals surface area contributed by atoms with Crippen LogP contribution in [0, 0.1) is 0 Å². The topological polar surface area (TPSA) is 23.6 Å². The zero-order valence-corrected chi connectivity index (χ0v) is 16.9. The van der Waals surface area contributed by atoms with E-state index < -0.39 is 0 Å². The lowest BCUT2D eigenvalue weighted by Gasteiger charge is -2.41. The van der Waals surface area contributed by atoms with E-state index in [0.717, 1.165) is 19.6 Å². The van der Waals surface area contributed by atoms with Gasteiger partial charge >= 0.3 is 0 Å². The molecular weight excluding hydrogens is 356 g/mol. The molecule has 1 aliphatic heterocycles. The van der Waals surface area contributed by atoms with Crippen molar-refractivity contribution in [2.24, 2.45) is 0 Å². The minimum Gasteiger partial charge on any atom is -0.333 e. The Bertz CT molecular complexity index is 872. The van der Waals surface area contributed by atoms with Gasteiger partial charge < -0.3 is 9.80 Å². The first kappa shape index (κ1) is 19.4. The van der Waals surface area contributed by atoms with Crippen molar-refractivity contribution in [3.63, 3.8) is 0 Å². The van der Waals surface area contributed by atoms with Crippen LogP contribution in [0.25, 0.3) is 0 Å². The number of benzene rings is 3. The fourth-order valence-corrected chi connectivity index (χ4v) is 4.27. The molecule has 4 rings (SSSR count). The van der Waals surface area contributed by atoms with Crippen LogP contribution in [0.5, 0.6) is 0 Å². The monoisotopic (exact) mass is 384 g/mol. The minimum atomic E-state index is 0.0704. The van der Waals surface area contributed by atoms with E-state index >= 15 is 0 Å². The minimum absolute atomic E-state index is 0.0704. The normalized spacial score (nSPS) is 17.4. The third-order valence-corrected chi connectivity index (χ3v) is 5.87. The Morgan fingerprint density at radius 3 is 1.90 bits per heavy atom. The van der Waals surface area contributed by atoms with Gasteiger partial charge in [0.15, 0.2) is 0 Å². The lowest BCUT2D eigenvalue weighted by atomic mass is 9.87. The third-order valence-electron chi connectivity index (χ3n) is 5.87. The molecule has 1 amide bonds. The van der Waals surface area contributed by atoms with Gasteiger partial charge in [0.2, 0.25) is 5.91 Å². The number of hydrogen-bond acceptors (Lipinski definition) is 2. The molecule has 3 heteroatoms. The van der Waals surface area contributed by atoms with Crippen LogP contribution >= 0.6 is 0 Å². The summed E-state index contributed by atoms with van der Waals surface area (Å²) in [6, 6.07) is 31.3. The molecule has 3 nitrogen and oxygen atoms in total. The van der Waals surface area contributed by atoms with Gasteiger partial charge in [0.25, 0.3) is 0 Å². The molecule has 0 aromatic heterocycles. The molecule has 1 aliphatic rings. The number of nitrogens with zero attached hydrogens (tertiary/aromatic N) is 2. The van der Waals surface area contributed by atoms with Crippen LogP contribution in [0.15, 0.2) is 91.0 Å². The highest BCUT2D eigenvalue weighted by molar-refractivity contribution is 5.78. The highest BCUT2D eigenvalue weighted by Gasteiger charge is 2.31. The summed E-state index contributed by atoms with van der Waals surface area (Å²) in [7, 11) is 2.13. The number of hydrogen-bond donors (Lipinski definition) is 0. The summed E-state index contributed by atoms with van der Waals surface area (Å²) in [5, 5.41) is 0. The number of carbonyl (C=O) groups is 1. The van der Waals surface area contributed by atoms with E-state index in [0.29, 0.717) is 6.42 Å². The van der Waals surface area contributed by atoms with Gasteiger partial charge in [-0.05, 0) is 23.7 Å². The molecule has 0 radical (unpaired) electrons. The number of amides is 1. The van der Waals surface area contributed by atoms with Gasteiger partial charge in [0.1, 0.15) is 0 Å². The van der Waals surface area contributed by atoms with E-state index in [-0.39, 0.29) is 17.9 Å². The maximum Gasteiger partial charge on any atom is 0.224 e. The summed E-state index contributed by atoms with van der Waals surface area (Å²) in [6.45, 7) is 2.55. The fraction of sp³-hybridized carbons (Fsp3) is 0.269. The second kappa shape index (κ2) is 9.06. The maximum atomic E-state index is 13.6. The van der Waals surface area contributed by atoms with Crippen LogP contribution in [0.2, 0.25) is 0 Å². The average Bonchev–Trinajstić information content (AvgIpc) is 2.79. The smallest absolute Gasteiger partial charge is 0.224 e. The van der Waals surface area contributed by atoms with Crippen molar-refractivity contribution in [3.8, 4) is 0 Å². The molecule has 1 fully saturated rings. The second-order valence-electron chi connectivity index (χ2n) is 7.85. The lowest BCUT2D eigenvalue weighted by Crippen LogP contribution is -2.49. The first-order valence-electron chi connectivity index (χ1n) is 10.3. The van der Waals surface area contributed by atoms with E-state index in [1.54, 1.807) is 0 Å². The Morgan fingerprint density at radius 2 is 1.34 bits per heavy atom. The Hall–Kier alpha value is -2.91. The van der Waals surface area contributed by atoms with Crippen LogP contribution in [0.1, 0.15) is 35.1 Å². The van der Waals surface area contributed by atoms with Crippen LogP contribution in [0.3, 0.4) is 0 Å². The molecule has 3 aromatic rings. The molecule has 29 heavy (non-hydrogen) atoms. The quantitative estimate of drug-likeness (QED) is 0.635. The van der Waals surface area contributed by atoms with E-state index in [2.05, 4.69) is 89.6 Å². The molecule has 0 spiro atoms. The van der Waals surface area contributed by atoms with Crippen molar-refractivity contribution in [2.45, 2.75) is 18.4 Å². The average molecular weight is 385 g/mol. The van der Waals surface area contributed by atoms with Crippen molar-refractivity contribution in [3.05, 3.63) is 108 Å². The molecule has 1 heterocycles. The first-order valence-corrected chi connectivity index (χ1v) is 10.3. The van der Waals surface area contributed by atoms with E-state index in [9.17, 15) is 4.79 Å². The lowest BCUT2D eigenvalue weighted by molar-refractivity contribution is -0.136. The van der Waals surface area contributed by atoms with Crippen LogP contribution < -0.4 is 0 Å². The molecule has 1 unspecified atom stereocenters. The van der Waals surface area contributed by atoms with Crippen molar-refractivity contribution in [2.75, 3.05) is 26.7 Å². The van der Waals surface area contributed by atoms with Crippen LogP contribution in [0.4, 0.5) is 0 Å². The number of likely N-dealkylation sites (N-methyl/N-ethyl adjacent to an activating group) is 1. The summed E-state index contributed by atoms with van der Waals surface area (Å²) in [5.74, 6) is 0.297. The molecule has 0 saturated carbocycles. The van der Waals surface area contributed by atoms with Gasteiger partial charge in [0, 0.05) is 32.0 Å². The molecule has 0 bridgehead atoms. The van der Waals surface area contributed by atoms with Crippen molar-refractivity contribution >= 4 is 5.91 Å². The van der Waals surface area contributed by atoms with E-state index in [1.807, 2.05) is 18.2 Å². The summed E-state index contributed by atoms with van der Waals surface area (Å²) in [5.41, 5.74) is 3.60. The zero-order valence-electron chi connectivity index (χ0n) is 16.9. The van der Waals surface area contributed by atoms with Crippen LogP contribution in [-0.4, -0.2) is 42.4 Å². The Balaban J connectivity index is 1.61. The second-order valence-corrected chi connectivity index (χ2v) is 7.85.